The van der Waals surface area contributed by atoms with Gasteiger partial charge in [0.1, 0.15) is 5.75 Å². The van der Waals surface area contributed by atoms with E-state index < -0.39 is 0 Å². The van der Waals surface area contributed by atoms with Gasteiger partial charge in [-0.2, -0.15) is 0 Å². The molecule has 1 atom stereocenters. The summed E-state index contributed by atoms with van der Waals surface area (Å²) in [5.41, 5.74) is 6.70. The van der Waals surface area contributed by atoms with E-state index in [2.05, 4.69) is 22.3 Å². The first-order chi connectivity index (χ1) is 11.1. The number of nitrogens with two attached hydrogens (primary N) is 1. The molecule has 1 aliphatic heterocycles. The zero-order chi connectivity index (χ0) is 16.7. The quantitative estimate of drug-likeness (QED) is 0.786. The van der Waals surface area contributed by atoms with Crippen LogP contribution in [0.1, 0.15) is 32.3 Å². The van der Waals surface area contributed by atoms with Gasteiger partial charge in [-0.3, -0.25) is 9.69 Å². The fraction of sp³-hybridized carbons (Fsp3) is 0.611. The van der Waals surface area contributed by atoms with Gasteiger partial charge in [-0.15, -0.1) is 12.4 Å². The summed E-state index contributed by atoms with van der Waals surface area (Å²) in [4.78, 5) is 14.4. The summed E-state index contributed by atoms with van der Waals surface area (Å²) >= 11 is 0. The van der Waals surface area contributed by atoms with E-state index in [1.54, 1.807) is 0 Å². The molecule has 1 aromatic carbocycles. The Bertz CT molecular complexity index is 494. The third kappa shape index (κ3) is 6.67. The molecule has 0 bridgehead atoms. The summed E-state index contributed by atoms with van der Waals surface area (Å²) in [7, 11) is 0. The number of rotatable bonds is 7. The van der Waals surface area contributed by atoms with Crippen LogP contribution in [0.25, 0.3) is 0 Å². The highest BCUT2D eigenvalue weighted by atomic mass is 35.5. The van der Waals surface area contributed by atoms with Gasteiger partial charge in [-0.05, 0) is 50.9 Å². The molecule has 0 spiro atoms. The van der Waals surface area contributed by atoms with Crippen LogP contribution in [0, 0.1) is 5.92 Å². The van der Waals surface area contributed by atoms with Crippen LogP contribution in [0.5, 0.6) is 5.75 Å². The number of piperidine rings is 1. The molecule has 24 heavy (non-hydrogen) atoms. The van der Waals surface area contributed by atoms with Gasteiger partial charge < -0.3 is 15.8 Å². The Labute approximate surface area is 151 Å². The van der Waals surface area contributed by atoms with Crippen molar-refractivity contribution in [1.29, 1.82) is 0 Å². The zero-order valence-corrected chi connectivity index (χ0v) is 15.5. The van der Waals surface area contributed by atoms with E-state index in [0.717, 1.165) is 38.2 Å². The molecule has 0 saturated carbocycles. The molecule has 2 rings (SSSR count). The highest BCUT2D eigenvalue weighted by Gasteiger charge is 2.25. The van der Waals surface area contributed by atoms with Crippen LogP contribution in [0.4, 0.5) is 0 Å². The molecule has 1 aliphatic rings. The first kappa shape index (κ1) is 20.7. The molecule has 6 heteroatoms. The number of nitrogens with zero attached hydrogens (tertiary/aromatic N) is 1. The van der Waals surface area contributed by atoms with Gasteiger partial charge in [-0.1, -0.05) is 12.1 Å². The lowest BCUT2D eigenvalue weighted by atomic mass is 9.96. The van der Waals surface area contributed by atoms with Gasteiger partial charge >= 0.3 is 0 Å². The number of likely N-dealkylation sites (tertiary alicyclic amines) is 1. The smallest absolute Gasteiger partial charge is 0.224 e. The normalized spacial score (nSPS) is 18.1. The van der Waals surface area contributed by atoms with Crippen molar-refractivity contribution in [2.24, 2.45) is 11.7 Å². The Morgan fingerprint density at radius 1 is 1.38 bits per heavy atom. The summed E-state index contributed by atoms with van der Waals surface area (Å²) in [6.45, 7) is 7.85. The molecular weight excluding hydrogens is 326 g/mol. The molecule has 1 fully saturated rings. The predicted molar refractivity (Wildman–Crippen MR) is 99.5 cm³/mol. The number of carbonyl (C=O) groups excluding carboxylic acids is 1. The average Bonchev–Trinajstić information content (AvgIpc) is 2.54. The van der Waals surface area contributed by atoms with E-state index >= 15 is 0 Å². The second-order valence-electron chi connectivity index (χ2n) is 6.46. The van der Waals surface area contributed by atoms with Gasteiger partial charge in [0.15, 0.2) is 0 Å². The molecule has 0 radical (unpaired) electrons. The van der Waals surface area contributed by atoms with Crippen molar-refractivity contribution in [2.75, 3.05) is 26.2 Å². The topological polar surface area (TPSA) is 67.6 Å². The van der Waals surface area contributed by atoms with E-state index in [1.807, 2.05) is 26.0 Å². The van der Waals surface area contributed by atoms with Crippen LogP contribution in [-0.4, -0.2) is 43.1 Å². The summed E-state index contributed by atoms with van der Waals surface area (Å²) in [5.74, 6) is 1.13. The monoisotopic (exact) mass is 355 g/mol. The van der Waals surface area contributed by atoms with Crippen LogP contribution < -0.4 is 15.8 Å². The molecule has 3 N–H and O–H groups in total. The number of benzene rings is 1. The standard InChI is InChI=1S/C18H29N3O2.ClH/c1-14(2)23-17-7-5-15(6-8-17)12-21-11-3-4-16(13-21)18(22)20-10-9-19;/h5-8,14,16H,3-4,9-13,19H2,1-2H3,(H,20,22);1H. The Balaban J connectivity index is 0.00000288. The first-order valence-corrected chi connectivity index (χ1v) is 8.54. The van der Waals surface area contributed by atoms with Gasteiger partial charge in [0.25, 0.3) is 0 Å². The fourth-order valence-corrected chi connectivity index (χ4v) is 2.96. The van der Waals surface area contributed by atoms with Crippen LogP contribution in [-0.2, 0) is 11.3 Å². The lowest BCUT2D eigenvalue weighted by Crippen LogP contribution is -2.43. The third-order valence-corrected chi connectivity index (χ3v) is 4.02. The summed E-state index contributed by atoms with van der Waals surface area (Å²) in [6.07, 6.45) is 2.22. The van der Waals surface area contributed by atoms with Crippen LogP contribution in [0.2, 0.25) is 0 Å². The second-order valence-corrected chi connectivity index (χ2v) is 6.46. The molecule has 5 nitrogen and oxygen atoms in total. The predicted octanol–water partition coefficient (Wildman–Crippen LogP) is 2.18. The van der Waals surface area contributed by atoms with Crippen molar-refractivity contribution in [3.63, 3.8) is 0 Å². The highest BCUT2D eigenvalue weighted by molar-refractivity contribution is 5.85. The van der Waals surface area contributed by atoms with Crippen molar-refractivity contribution in [1.82, 2.24) is 10.2 Å². The number of hydrogen-bond acceptors (Lipinski definition) is 4. The number of amides is 1. The summed E-state index contributed by atoms with van der Waals surface area (Å²) in [6, 6.07) is 8.25. The number of halogens is 1. The molecule has 0 aliphatic carbocycles. The number of hydrogen-bond donors (Lipinski definition) is 2. The Hall–Kier alpha value is -1.30. The highest BCUT2D eigenvalue weighted by Crippen LogP contribution is 2.20. The van der Waals surface area contributed by atoms with Crippen LogP contribution in [0.15, 0.2) is 24.3 Å². The van der Waals surface area contributed by atoms with E-state index in [1.165, 1.54) is 5.56 Å². The molecule has 1 amide bonds. The maximum Gasteiger partial charge on any atom is 0.224 e. The molecule has 1 aromatic rings. The Morgan fingerprint density at radius 2 is 2.08 bits per heavy atom. The molecule has 1 unspecified atom stereocenters. The number of nitrogens with one attached hydrogen (secondary N) is 1. The van der Waals surface area contributed by atoms with Crippen molar-refractivity contribution in [2.45, 2.75) is 39.3 Å². The van der Waals surface area contributed by atoms with Crippen molar-refractivity contribution in [3.8, 4) is 5.75 Å². The van der Waals surface area contributed by atoms with E-state index in [9.17, 15) is 4.79 Å². The SMILES string of the molecule is CC(C)Oc1ccc(CN2CCCC(C(=O)NCCN)C2)cc1.Cl. The van der Waals surface area contributed by atoms with Crippen molar-refractivity contribution >= 4 is 18.3 Å². The van der Waals surface area contributed by atoms with Gasteiger partial charge in [0.05, 0.1) is 12.0 Å². The maximum absolute atomic E-state index is 12.1. The van der Waals surface area contributed by atoms with Gasteiger partial charge in [-0.25, -0.2) is 0 Å². The first-order valence-electron chi connectivity index (χ1n) is 8.54. The zero-order valence-electron chi connectivity index (χ0n) is 14.7. The van der Waals surface area contributed by atoms with E-state index in [0.29, 0.717) is 13.1 Å². The minimum atomic E-state index is 0. The molecule has 1 saturated heterocycles. The van der Waals surface area contributed by atoms with Gasteiger partial charge in [0, 0.05) is 26.2 Å². The fourth-order valence-electron chi connectivity index (χ4n) is 2.96. The van der Waals surface area contributed by atoms with Crippen molar-refractivity contribution in [3.05, 3.63) is 29.8 Å². The number of carbonyl (C=O) groups is 1. The lowest BCUT2D eigenvalue weighted by Gasteiger charge is -2.32. The lowest BCUT2D eigenvalue weighted by molar-refractivity contribution is -0.126. The minimum Gasteiger partial charge on any atom is -0.491 e. The van der Waals surface area contributed by atoms with E-state index in [4.69, 9.17) is 10.5 Å². The van der Waals surface area contributed by atoms with Crippen LogP contribution in [0.3, 0.4) is 0 Å². The molecule has 1 heterocycles. The minimum absolute atomic E-state index is 0. The average molecular weight is 356 g/mol. The summed E-state index contributed by atoms with van der Waals surface area (Å²) < 4.78 is 5.67. The maximum atomic E-state index is 12.1. The molecular formula is C18H30ClN3O2. The largest absolute Gasteiger partial charge is 0.491 e. The summed E-state index contributed by atoms with van der Waals surface area (Å²) in [5, 5.41) is 2.90. The van der Waals surface area contributed by atoms with E-state index in [-0.39, 0.29) is 30.3 Å². The van der Waals surface area contributed by atoms with Gasteiger partial charge in [0.2, 0.25) is 5.91 Å². The molecule has 136 valence electrons. The Kier molecular flexibility index (Phi) is 9.11. The Morgan fingerprint density at radius 3 is 2.71 bits per heavy atom. The number of ether oxygens (including phenoxy) is 1. The third-order valence-electron chi connectivity index (χ3n) is 4.02. The van der Waals surface area contributed by atoms with Crippen LogP contribution >= 0.6 is 12.4 Å². The van der Waals surface area contributed by atoms with Crippen molar-refractivity contribution < 1.29 is 9.53 Å². The molecule has 0 aromatic heterocycles. The second kappa shape index (κ2) is 10.5.